The number of hydrogen-bond acceptors (Lipinski definition) is 3. The van der Waals surface area contributed by atoms with Crippen LogP contribution < -0.4 is 0 Å². The van der Waals surface area contributed by atoms with Crippen molar-refractivity contribution in [2.24, 2.45) is 7.05 Å². The van der Waals surface area contributed by atoms with Gasteiger partial charge in [-0.25, -0.2) is 0 Å². The summed E-state index contributed by atoms with van der Waals surface area (Å²) in [5, 5.41) is 24.9. The van der Waals surface area contributed by atoms with Gasteiger partial charge >= 0.3 is 0 Å². The van der Waals surface area contributed by atoms with Crippen LogP contribution in [0.1, 0.15) is 25.0 Å². The van der Waals surface area contributed by atoms with Gasteiger partial charge in [-0.2, -0.15) is 5.26 Å². The van der Waals surface area contributed by atoms with E-state index in [1.165, 1.54) is 0 Å². The highest BCUT2D eigenvalue weighted by molar-refractivity contribution is 6.08. The summed E-state index contributed by atoms with van der Waals surface area (Å²) in [7, 11) is 1.95. The van der Waals surface area contributed by atoms with E-state index in [9.17, 15) is 0 Å². The minimum absolute atomic E-state index is 0.524. The topological polar surface area (TPSA) is 89.9 Å². The third-order valence-electron chi connectivity index (χ3n) is 2.52. The van der Waals surface area contributed by atoms with Crippen LogP contribution >= 0.6 is 0 Å². The number of hydrogen-bond donors (Lipinski definition) is 2. The van der Waals surface area contributed by atoms with Crippen LogP contribution in [-0.2, 0) is 11.8 Å². The lowest BCUT2D eigenvalue weighted by Crippen LogP contribution is -1.89. The van der Waals surface area contributed by atoms with E-state index >= 15 is 0 Å². The van der Waals surface area contributed by atoms with Gasteiger partial charge in [0.1, 0.15) is 0 Å². The molecule has 2 aromatic rings. The molecule has 98 valence electrons. The summed E-state index contributed by atoms with van der Waals surface area (Å²) in [6, 6.07) is 7.66. The van der Waals surface area contributed by atoms with Gasteiger partial charge in [-0.3, -0.25) is 4.79 Å². The van der Waals surface area contributed by atoms with Gasteiger partial charge in [0.2, 0.25) is 0 Å². The monoisotopic (exact) mass is 257 g/mol. The number of aromatic nitrogens is 1. The summed E-state index contributed by atoms with van der Waals surface area (Å²) in [5.41, 5.74) is 3.10. The molecule has 0 unspecified atom stereocenters. The fourth-order valence-corrected chi connectivity index (χ4v) is 1.76. The predicted octanol–water partition coefficient (Wildman–Crippen LogP) is 2.53. The number of nitrogens with zero attached hydrogens (tertiary/aromatic N) is 2. The van der Waals surface area contributed by atoms with E-state index in [0.717, 1.165) is 23.4 Å². The van der Waals surface area contributed by atoms with Crippen LogP contribution in [0.2, 0.25) is 0 Å². The molecule has 0 spiro atoms. The Labute approximate surface area is 111 Å². The van der Waals surface area contributed by atoms with Gasteiger partial charge in [0, 0.05) is 42.3 Å². The van der Waals surface area contributed by atoms with Gasteiger partial charge in [0.15, 0.2) is 0 Å². The molecular formula is C14H15N3O2. The summed E-state index contributed by atoms with van der Waals surface area (Å²) in [6.07, 6.45) is 1.92. The number of carboxylic acid groups (broad SMARTS) is 1. The Morgan fingerprint density at radius 2 is 2.00 bits per heavy atom. The number of carbonyl (C=O) groups is 1. The summed E-state index contributed by atoms with van der Waals surface area (Å²) in [6.45, 7) is 2.84. The Morgan fingerprint density at radius 1 is 1.42 bits per heavy atom. The molecule has 0 saturated heterocycles. The molecule has 0 aliphatic carbocycles. The van der Waals surface area contributed by atoms with Crippen LogP contribution in [0.4, 0.5) is 0 Å². The SMILES string of the molecule is CC(=N)c1cn(C)c2ccc(C#N)cc12.CC(=O)O. The first-order valence-electron chi connectivity index (χ1n) is 5.61. The van der Waals surface area contributed by atoms with Crippen molar-refractivity contribution in [3.8, 4) is 6.07 Å². The van der Waals surface area contributed by atoms with E-state index in [-0.39, 0.29) is 0 Å². The molecule has 19 heavy (non-hydrogen) atoms. The van der Waals surface area contributed by atoms with Crippen molar-refractivity contribution in [2.45, 2.75) is 13.8 Å². The van der Waals surface area contributed by atoms with Crippen LogP contribution in [0.3, 0.4) is 0 Å². The molecule has 1 heterocycles. The molecule has 5 heteroatoms. The molecule has 0 radical (unpaired) electrons. The Kier molecular flexibility index (Phi) is 4.43. The lowest BCUT2D eigenvalue weighted by molar-refractivity contribution is -0.134. The Bertz CT molecular complexity index is 674. The minimum Gasteiger partial charge on any atom is -0.481 e. The molecule has 0 aliphatic heterocycles. The summed E-state index contributed by atoms with van der Waals surface area (Å²) in [5.74, 6) is -0.833. The number of rotatable bonds is 1. The average Bonchev–Trinajstić information content (AvgIpc) is 2.65. The quantitative estimate of drug-likeness (QED) is 0.769. The highest BCUT2D eigenvalue weighted by Gasteiger charge is 2.08. The maximum Gasteiger partial charge on any atom is 0.300 e. The van der Waals surface area contributed by atoms with Crippen LogP contribution in [0.5, 0.6) is 0 Å². The normalized spacial score (nSPS) is 9.37. The first kappa shape index (κ1) is 14.5. The minimum atomic E-state index is -0.833. The number of nitrogens with one attached hydrogen (secondary N) is 1. The van der Waals surface area contributed by atoms with E-state index < -0.39 is 5.97 Å². The Morgan fingerprint density at radius 3 is 2.47 bits per heavy atom. The van der Waals surface area contributed by atoms with E-state index in [0.29, 0.717) is 11.3 Å². The molecular weight excluding hydrogens is 242 g/mol. The Hall–Kier alpha value is -2.61. The van der Waals surface area contributed by atoms with Crippen LogP contribution in [0, 0.1) is 16.7 Å². The first-order valence-corrected chi connectivity index (χ1v) is 5.61. The van der Waals surface area contributed by atoms with E-state index in [4.69, 9.17) is 20.6 Å². The zero-order chi connectivity index (χ0) is 14.6. The molecule has 0 atom stereocenters. The molecule has 0 amide bonds. The lowest BCUT2D eigenvalue weighted by atomic mass is 10.1. The second-order valence-corrected chi connectivity index (χ2v) is 4.14. The highest BCUT2D eigenvalue weighted by Crippen LogP contribution is 2.22. The van der Waals surface area contributed by atoms with Crippen molar-refractivity contribution in [3.63, 3.8) is 0 Å². The number of nitriles is 1. The smallest absolute Gasteiger partial charge is 0.300 e. The second-order valence-electron chi connectivity index (χ2n) is 4.14. The first-order chi connectivity index (χ1) is 8.86. The number of carboxylic acids is 1. The van der Waals surface area contributed by atoms with Gasteiger partial charge in [-0.15, -0.1) is 0 Å². The van der Waals surface area contributed by atoms with Crippen LogP contribution in [0.25, 0.3) is 10.9 Å². The third kappa shape index (κ3) is 3.42. The molecule has 0 fully saturated rings. The van der Waals surface area contributed by atoms with Gasteiger partial charge in [0.25, 0.3) is 5.97 Å². The van der Waals surface area contributed by atoms with Crippen molar-refractivity contribution in [1.82, 2.24) is 4.57 Å². The van der Waals surface area contributed by atoms with Gasteiger partial charge in [-0.1, -0.05) is 0 Å². The van der Waals surface area contributed by atoms with Crippen molar-refractivity contribution in [1.29, 1.82) is 10.7 Å². The molecule has 1 aromatic carbocycles. The second kappa shape index (κ2) is 5.83. The maximum absolute atomic E-state index is 9.00. The van der Waals surface area contributed by atoms with E-state index in [1.807, 2.05) is 29.9 Å². The maximum atomic E-state index is 9.00. The molecule has 0 saturated carbocycles. The highest BCUT2D eigenvalue weighted by atomic mass is 16.4. The van der Waals surface area contributed by atoms with Gasteiger partial charge in [-0.05, 0) is 25.1 Å². The fourth-order valence-electron chi connectivity index (χ4n) is 1.76. The van der Waals surface area contributed by atoms with Gasteiger partial charge < -0.3 is 15.1 Å². The van der Waals surface area contributed by atoms with Crippen molar-refractivity contribution in [3.05, 3.63) is 35.5 Å². The zero-order valence-electron chi connectivity index (χ0n) is 11.1. The number of fused-ring (bicyclic) bond motifs is 1. The average molecular weight is 257 g/mol. The fraction of sp³-hybridized carbons (Fsp3) is 0.214. The van der Waals surface area contributed by atoms with Crippen molar-refractivity contribution < 1.29 is 9.90 Å². The molecule has 5 nitrogen and oxygen atoms in total. The number of aliphatic carboxylic acids is 1. The van der Waals surface area contributed by atoms with E-state index in [1.54, 1.807) is 13.0 Å². The zero-order valence-corrected chi connectivity index (χ0v) is 11.1. The summed E-state index contributed by atoms with van der Waals surface area (Å²) < 4.78 is 1.98. The molecule has 2 rings (SSSR count). The molecule has 0 bridgehead atoms. The standard InChI is InChI=1S/C12H11N3.C2H4O2/c1-8(14)11-7-15(2)12-4-3-9(6-13)5-10(11)12;1-2(3)4/h3-5,7,14H,1-2H3;1H3,(H,3,4). The number of aryl methyl sites for hydroxylation is 1. The number of benzene rings is 1. The largest absolute Gasteiger partial charge is 0.481 e. The third-order valence-corrected chi connectivity index (χ3v) is 2.52. The summed E-state index contributed by atoms with van der Waals surface area (Å²) >= 11 is 0. The molecule has 0 aliphatic rings. The lowest BCUT2D eigenvalue weighted by Gasteiger charge is -1.96. The predicted molar refractivity (Wildman–Crippen MR) is 73.4 cm³/mol. The molecule has 1 aromatic heterocycles. The van der Waals surface area contributed by atoms with Crippen LogP contribution in [0.15, 0.2) is 24.4 Å². The summed E-state index contributed by atoms with van der Waals surface area (Å²) in [4.78, 5) is 9.00. The van der Waals surface area contributed by atoms with Crippen molar-refractivity contribution in [2.75, 3.05) is 0 Å². The van der Waals surface area contributed by atoms with Crippen molar-refractivity contribution >= 4 is 22.6 Å². The Balaban J connectivity index is 0.000000399. The molecule has 2 N–H and O–H groups in total. The van der Waals surface area contributed by atoms with Crippen LogP contribution in [-0.4, -0.2) is 21.4 Å². The van der Waals surface area contributed by atoms with E-state index in [2.05, 4.69) is 6.07 Å². The van der Waals surface area contributed by atoms with Gasteiger partial charge in [0.05, 0.1) is 11.6 Å².